The molecule has 1 rings (SSSR count). The highest BCUT2D eigenvalue weighted by atomic mass is 16.4. The number of hydrogen-bond donors (Lipinski definition) is 1. The first-order chi connectivity index (χ1) is 10.4. The summed E-state index contributed by atoms with van der Waals surface area (Å²) < 4.78 is 0. The normalized spacial score (nSPS) is 18.6. The standard InChI is InChI=1S/C17H27NO4/c1-4-5-6-7-8-9-10-13(2)17(3,16(21)22)18-14(19)11-12-15(18)20/h11-13H,4-10H2,1-3H3,(H,21,22). The first kappa shape index (κ1) is 18.4. The zero-order valence-electron chi connectivity index (χ0n) is 13.8. The predicted octanol–water partition coefficient (Wildman–Crippen LogP) is 3.14. The Hall–Kier alpha value is -1.65. The smallest absolute Gasteiger partial charge is 0.330 e. The van der Waals surface area contributed by atoms with Crippen molar-refractivity contribution < 1.29 is 19.5 Å². The van der Waals surface area contributed by atoms with Crippen LogP contribution in [0.25, 0.3) is 0 Å². The molecule has 0 bridgehead atoms. The summed E-state index contributed by atoms with van der Waals surface area (Å²) in [4.78, 5) is 36.3. The van der Waals surface area contributed by atoms with E-state index in [0.717, 1.165) is 36.3 Å². The van der Waals surface area contributed by atoms with Crippen molar-refractivity contribution >= 4 is 17.8 Å². The number of carboxylic acid groups (broad SMARTS) is 1. The van der Waals surface area contributed by atoms with Gasteiger partial charge in [-0.25, -0.2) is 4.79 Å². The van der Waals surface area contributed by atoms with E-state index in [-0.39, 0.29) is 5.92 Å². The lowest BCUT2D eigenvalue weighted by Crippen LogP contribution is -2.59. The molecule has 0 aliphatic carbocycles. The van der Waals surface area contributed by atoms with Gasteiger partial charge in [0.1, 0.15) is 5.54 Å². The second-order valence-electron chi connectivity index (χ2n) is 6.26. The molecule has 5 nitrogen and oxygen atoms in total. The summed E-state index contributed by atoms with van der Waals surface area (Å²) in [5, 5.41) is 9.60. The van der Waals surface area contributed by atoms with Gasteiger partial charge in [-0.15, -0.1) is 0 Å². The van der Waals surface area contributed by atoms with Gasteiger partial charge in [-0.2, -0.15) is 0 Å². The van der Waals surface area contributed by atoms with Crippen LogP contribution < -0.4 is 0 Å². The third-order valence-electron chi connectivity index (χ3n) is 4.66. The van der Waals surface area contributed by atoms with Gasteiger partial charge in [-0.3, -0.25) is 14.5 Å². The highest BCUT2D eigenvalue weighted by Gasteiger charge is 2.50. The fourth-order valence-corrected chi connectivity index (χ4v) is 2.90. The van der Waals surface area contributed by atoms with Gasteiger partial charge in [0, 0.05) is 12.2 Å². The van der Waals surface area contributed by atoms with Crippen LogP contribution in [0.2, 0.25) is 0 Å². The van der Waals surface area contributed by atoms with Crippen LogP contribution in [-0.2, 0) is 14.4 Å². The van der Waals surface area contributed by atoms with Gasteiger partial charge in [0.25, 0.3) is 11.8 Å². The average molecular weight is 309 g/mol. The van der Waals surface area contributed by atoms with E-state index < -0.39 is 23.3 Å². The quantitative estimate of drug-likeness (QED) is 0.497. The number of unbranched alkanes of at least 4 members (excludes halogenated alkanes) is 5. The van der Waals surface area contributed by atoms with Crippen LogP contribution in [0.5, 0.6) is 0 Å². The van der Waals surface area contributed by atoms with Crippen LogP contribution in [0, 0.1) is 5.92 Å². The van der Waals surface area contributed by atoms with E-state index in [1.807, 2.05) is 0 Å². The molecule has 1 heterocycles. The number of nitrogens with zero attached hydrogens (tertiary/aromatic N) is 1. The van der Waals surface area contributed by atoms with Gasteiger partial charge >= 0.3 is 5.97 Å². The molecule has 0 fully saturated rings. The Morgan fingerprint density at radius 2 is 1.64 bits per heavy atom. The van der Waals surface area contributed by atoms with Crippen molar-refractivity contribution in [2.24, 2.45) is 5.92 Å². The van der Waals surface area contributed by atoms with E-state index in [1.165, 1.54) is 26.2 Å². The lowest BCUT2D eigenvalue weighted by Gasteiger charge is -2.38. The van der Waals surface area contributed by atoms with Crippen molar-refractivity contribution in [2.45, 2.75) is 71.3 Å². The van der Waals surface area contributed by atoms with Gasteiger partial charge < -0.3 is 5.11 Å². The molecule has 1 aliphatic heterocycles. The number of carbonyl (C=O) groups excluding carboxylic acids is 2. The summed E-state index contributed by atoms with van der Waals surface area (Å²) >= 11 is 0. The van der Waals surface area contributed by atoms with Gasteiger partial charge in [0.15, 0.2) is 0 Å². The molecule has 0 spiro atoms. The van der Waals surface area contributed by atoms with Gasteiger partial charge in [0.2, 0.25) is 0 Å². The maximum atomic E-state index is 11.8. The molecule has 0 saturated carbocycles. The SMILES string of the molecule is CCCCCCCCC(C)C(C)(C(=O)O)N1C(=O)C=CC1=O. The van der Waals surface area contributed by atoms with E-state index >= 15 is 0 Å². The number of hydrogen-bond acceptors (Lipinski definition) is 3. The Morgan fingerprint density at radius 1 is 1.14 bits per heavy atom. The van der Waals surface area contributed by atoms with Crippen molar-refractivity contribution in [3.63, 3.8) is 0 Å². The average Bonchev–Trinajstić information content (AvgIpc) is 2.81. The molecular formula is C17H27NO4. The van der Waals surface area contributed by atoms with Crippen LogP contribution in [0.1, 0.15) is 65.7 Å². The maximum absolute atomic E-state index is 11.8. The van der Waals surface area contributed by atoms with Crippen LogP contribution in [-0.4, -0.2) is 33.3 Å². The Labute approximate surface area is 132 Å². The van der Waals surface area contributed by atoms with E-state index in [0.29, 0.717) is 6.42 Å². The van der Waals surface area contributed by atoms with E-state index in [9.17, 15) is 19.5 Å². The highest BCUT2D eigenvalue weighted by Crippen LogP contribution is 2.32. The predicted molar refractivity (Wildman–Crippen MR) is 84.2 cm³/mol. The highest BCUT2D eigenvalue weighted by molar-refractivity contribution is 6.15. The first-order valence-corrected chi connectivity index (χ1v) is 8.15. The second kappa shape index (κ2) is 8.11. The summed E-state index contributed by atoms with van der Waals surface area (Å²) in [6, 6.07) is 0. The molecule has 0 aromatic rings. The Bertz CT molecular complexity index is 440. The first-order valence-electron chi connectivity index (χ1n) is 8.15. The monoisotopic (exact) mass is 309 g/mol. The number of rotatable bonds is 10. The third kappa shape index (κ3) is 3.96. The molecule has 1 N–H and O–H groups in total. The summed E-state index contributed by atoms with van der Waals surface area (Å²) in [6.07, 6.45) is 9.71. The molecule has 2 amide bonds. The topological polar surface area (TPSA) is 74.7 Å². The van der Waals surface area contributed by atoms with E-state index in [2.05, 4.69) is 6.92 Å². The van der Waals surface area contributed by atoms with Gasteiger partial charge in [-0.05, 0) is 19.3 Å². The molecule has 5 heteroatoms. The fraction of sp³-hybridized carbons (Fsp3) is 0.706. The molecule has 124 valence electrons. The summed E-state index contributed by atoms with van der Waals surface area (Å²) in [5.41, 5.74) is -1.49. The second-order valence-corrected chi connectivity index (χ2v) is 6.26. The zero-order chi connectivity index (χ0) is 16.8. The number of amides is 2. The van der Waals surface area contributed by atoms with Crippen molar-refractivity contribution in [3.05, 3.63) is 12.2 Å². The lowest BCUT2D eigenvalue weighted by molar-refractivity contribution is -0.164. The summed E-state index contributed by atoms with van der Waals surface area (Å²) in [5.74, 6) is -2.49. The molecule has 1 aliphatic rings. The molecule has 2 atom stereocenters. The molecule has 0 aromatic carbocycles. The van der Waals surface area contributed by atoms with E-state index in [4.69, 9.17) is 0 Å². The maximum Gasteiger partial charge on any atom is 0.330 e. The van der Waals surface area contributed by atoms with Crippen molar-refractivity contribution in [3.8, 4) is 0 Å². The Balaban J connectivity index is 2.64. The molecule has 0 radical (unpaired) electrons. The largest absolute Gasteiger partial charge is 0.479 e. The van der Waals surface area contributed by atoms with Crippen LogP contribution in [0.15, 0.2) is 12.2 Å². The minimum atomic E-state index is -1.49. The number of aliphatic carboxylic acids is 1. The van der Waals surface area contributed by atoms with E-state index in [1.54, 1.807) is 6.92 Å². The number of imide groups is 1. The van der Waals surface area contributed by atoms with Gasteiger partial charge in [-0.1, -0.05) is 52.4 Å². The number of carboxylic acids is 1. The third-order valence-corrected chi connectivity index (χ3v) is 4.66. The molecular weight excluding hydrogens is 282 g/mol. The molecule has 0 saturated heterocycles. The lowest BCUT2D eigenvalue weighted by atomic mass is 9.81. The van der Waals surface area contributed by atoms with Gasteiger partial charge in [0.05, 0.1) is 0 Å². The Kier molecular flexibility index (Phi) is 6.78. The minimum absolute atomic E-state index is 0.288. The zero-order valence-corrected chi connectivity index (χ0v) is 13.8. The van der Waals surface area contributed by atoms with Crippen LogP contribution in [0.4, 0.5) is 0 Å². The fourth-order valence-electron chi connectivity index (χ4n) is 2.90. The minimum Gasteiger partial charge on any atom is -0.479 e. The molecule has 0 aromatic heterocycles. The van der Waals surface area contributed by atoms with Crippen molar-refractivity contribution in [2.75, 3.05) is 0 Å². The molecule has 2 unspecified atom stereocenters. The van der Waals surface area contributed by atoms with Crippen molar-refractivity contribution in [1.82, 2.24) is 4.90 Å². The van der Waals surface area contributed by atoms with Crippen LogP contribution >= 0.6 is 0 Å². The van der Waals surface area contributed by atoms with Crippen molar-refractivity contribution in [1.29, 1.82) is 0 Å². The number of carbonyl (C=O) groups is 3. The summed E-state index contributed by atoms with van der Waals surface area (Å²) in [7, 11) is 0. The summed E-state index contributed by atoms with van der Waals surface area (Å²) in [6.45, 7) is 5.44. The Morgan fingerprint density at radius 3 is 2.14 bits per heavy atom. The van der Waals surface area contributed by atoms with Crippen LogP contribution in [0.3, 0.4) is 0 Å². The molecule has 22 heavy (non-hydrogen) atoms.